The predicted octanol–water partition coefficient (Wildman–Crippen LogP) is 2.78. The van der Waals surface area contributed by atoms with E-state index >= 15 is 0 Å². The standard InChI is InChI=1S/C14H16BrFN4O/c1-2-3-11-12(17)13(20-19-11)14(21)18-7-8-6-9(16)4-5-10(8)15/h4-6H,2-3,7,17H2,1H3,(H,18,21)(H,19,20). The number of amides is 1. The highest BCUT2D eigenvalue weighted by atomic mass is 79.9. The number of nitrogens with zero attached hydrogens (tertiary/aromatic N) is 1. The van der Waals surface area contributed by atoms with E-state index in [0.717, 1.165) is 23.0 Å². The van der Waals surface area contributed by atoms with Gasteiger partial charge in [0.15, 0.2) is 5.69 Å². The second kappa shape index (κ2) is 6.71. The number of carbonyl (C=O) groups excluding carboxylic acids is 1. The third-order valence-electron chi connectivity index (χ3n) is 3.05. The summed E-state index contributed by atoms with van der Waals surface area (Å²) in [6.45, 7) is 2.20. The topological polar surface area (TPSA) is 83.8 Å². The SMILES string of the molecule is CCCc1[nH]nc(C(=O)NCc2cc(F)ccc2Br)c1N. The Morgan fingerprint density at radius 1 is 1.52 bits per heavy atom. The van der Waals surface area contributed by atoms with Crippen molar-refractivity contribution in [3.8, 4) is 0 Å². The van der Waals surface area contributed by atoms with Gasteiger partial charge in [-0.25, -0.2) is 4.39 Å². The van der Waals surface area contributed by atoms with Crippen LogP contribution in [0.1, 0.15) is 35.1 Å². The number of rotatable bonds is 5. The maximum Gasteiger partial charge on any atom is 0.274 e. The van der Waals surface area contributed by atoms with Gasteiger partial charge in [-0.2, -0.15) is 5.10 Å². The molecule has 0 saturated heterocycles. The van der Waals surface area contributed by atoms with Crippen molar-refractivity contribution in [2.75, 3.05) is 5.73 Å². The van der Waals surface area contributed by atoms with Gasteiger partial charge in [0.2, 0.25) is 0 Å². The van der Waals surface area contributed by atoms with Crippen LogP contribution in [0.15, 0.2) is 22.7 Å². The number of hydrogen-bond donors (Lipinski definition) is 3. The molecule has 21 heavy (non-hydrogen) atoms. The Balaban J connectivity index is 2.06. The zero-order valence-electron chi connectivity index (χ0n) is 11.5. The molecule has 0 radical (unpaired) electrons. The van der Waals surface area contributed by atoms with E-state index in [1.807, 2.05) is 6.92 Å². The predicted molar refractivity (Wildman–Crippen MR) is 82.3 cm³/mol. The number of halogens is 2. The van der Waals surface area contributed by atoms with E-state index < -0.39 is 0 Å². The van der Waals surface area contributed by atoms with Crippen LogP contribution in [-0.4, -0.2) is 16.1 Å². The molecule has 0 aliphatic rings. The highest BCUT2D eigenvalue weighted by Gasteiger charge is 2.16. The van der Waals surface area contributed by atoms with Gasteiger partial charge in [0, 0.05) is 11.0 Å². The molecule has 0 fully saturated rings. The van der Waals surface area contributed by atoms with Crippen molar-refractivity contribution in [3.05, 3.63) is 45.4 Å². The minimum atomic E-state index is -0.387. The Labute approximate surface area is 130 Å². The molecular formula is C14H16BrFN4O. The lowest BCUT2D eigenvalue weighted by molar-refractivity contribution is 0.0946. The largest absolute Gasteiger partial charge is 0.395 e. The Morgan fingerprint density at radius 3 is 3.00 bits per heavy atom. The van der Waals surface area contributed by atoms with Crippen molar-refractivity contribution in [2.24, 2.45) is 0 Å². The molecule has 1 aromatic carbocycles. The first-order valence-corrected chi connectivity index (χ1v) is 7.37. The van der Waals surface area contributed by atoms with Crippen LogP contribution in [0.25, 0.3) is 0 Å². The van der Waals surface area contributed by atoms with Crippen molar-refractivity contribution < 1.29 is 9.18 Å². The smallest absolute Gasteiger partial charge is 0.274 e. The first kappa shape index (κ1) is 15.5. The van der Waals surface area contributed by atoms with Gasteiger partial charge in [-0.15, -0.1) is 0 Å². The zero-order valence-corrected chi connectivity index (χ0v) is 13.1. The summed E-state index contributed by atoms with van der Waals surface area (Å²) < 4.78 is 13.9. The molecule has 2 aromatic rings. The van der Waals surface area contributed by atoms with Gasteiger partial charge in [0.25, 0.3) is 5.91 Å². The average Bonchev–Trinajstić information content (AvgIpc) is 2.81. The van der Waals surface area contributed by atoms with Gasteiger partial charge in [-0.05, 0) is 30.2 Å². The number of aromatic amines is 1. The Kier molecular flexibility index (Phi) is 4.95. The summed E-state index contributed by atoms with van der Waals surface area (Å²) in [4.78, 5) is 12.1. The number of aryl methyl sites for hydroxylation is 1. The van der Waals surface area contributed by atoms with Crippen LogP contribution < -0.4 is 11.1 Å². The third kappa shape index (κ3) is 3.60. The Morgan fingerprint density at radius 2 is 2.29 bits per heavy atom. The molecule has 4 N–H and O–H groups in total. The van der Waals surface area contributed by atoms with Crippen molar-refractivity contribution in [3.63, 3.8) is 0 Å². The molecule has 1 aromatic heterocycles. The van der Waals surface area contributed by atoms with Crippen LogP contribution in [-0.2, 0) is 13.0 Å². The first-order chi connectivity index (χ1) is 10.0. The van der Waals surface area contributed by atoms with Crippen LogP contribution in [0.4, 0.5) is 10.1 Å². The molecule has 0 atom stereocenters. The van der Waals surface area contributed by atoms with E-state index in [2.05, 4.69) is 31.4 Å². The maximum absolute atomic E-state index is 13.2. The van der Waals surface area contributed by atoms with Crippen LogP contribution in [0.5, 0.6) is 0 Å². The van der Waals surface area contributed by atoms with Crippen molar-refractivity contribution in [2.45, 2.75) is 26.3 Å². The summed E-state index contributed by atoms with van der Waals surface area (Å²) in [7, 11) is 0. The van der Waals surface area contributed by atoms with E-state index in [9.17, 15) is 9.18 Å². The Bertz CT molecular complexity index is 656. The summed E-state index contributed by atoms with van der Waals surface area (Å²) in [5.74, 6) is -0.741. The molecule has 112 valence electrons. The quantitative estimate of drug-likeness (QED) is 0.771. The fourth-order valence-corrected chi connectivity index (χ4v) is 2.33. The highest BCUT2D eigenvalue weighted by Crippen LogP contribution is 2.19. The molecule has 0 bridgehead atoms. The van der Waals surface area contributed by atoms with E-state index in [0.29, 0.717) is 11.3 Å². The maximum atomic E-state index is 13.2. The van der Waals surface area contributed by atoms with Crippen LogP contribution >= 0.6 is 15.9 Å². The second-order valence-corrected chi connectivity index (χ2v) is 5.49. The summed E-state index contributed by atoms with van der Waals surface area (Å²) in [6, 6.07) is 4.30. The van der Waals surface area contributed by atoms with E-state index in [-0.39, 0.29) is 24.0 Å². The summed E-state index contributed by atoms with van der Waals surface area (Å²) in [6.07, 6.45) is 1.64. The monoisotopic (exact) mass is 354 g/mol. The second-order valence-electron chi connectivity index (χ2n) is 4.63. The minimum Gasteiger partial charge on any atom is -0.395 e. The molecule has 5 nitrogen and oxygen atoms in total. The number of nitrogens with one attached hydrogen (secondary N) is 2. The van der Waals surface area contributed by atoms with Crippen LogP contribution in [0.3, 0.4) is 0 Å². The number of H-pyrrole nitrogens is 1. The number of nitrogens with two attached hydrogens (primary N) is 1. The number of carbonyl (C=O) groups is 1. The fraction of sp³-hybridized carbons (Fsp3) is 0.286. The molecule has 1 heterocycles. The summed E-state index contributed by atoms with van der Waals surface area (Å²) >= 11 is 3.31. The third-order valence-corrected chi connectivity index (χ3v) is 3.82. The van der Waals surface area contributed by atoms with Crippen LogP contribution in [0.2, 0.25) is 0 Å². The summed E-state index contributed by atoms with van der Waals surface area (Å²) in [5.41, 5.74) is 7.83. The first-order valence-electron chi connectivity index (χ1n) is 6.57. The molecule has 0 spiro atoms. The van der Waals surface area contributed by atoms with Gasteiger partial charge in [0.05, 0.1) is 11.4 Å². The molecule has 2 rings (SSSR count). The fourth-order valence-electron chi connectivity index (χ4n) is 1.94. The van der Waals surface area contributed by atoms with Crippen molar-refractivity contribution in [1.29, 1.82) is 0 Å². The van der Waals surface area contributed by atoms with E-state index in [1.54, 1.807) is 6.07 Å². The lowest BCUT2D eigenvalue weighted by atomic mass is 10.2. The van der Waals surface area contributed by atoms with Gasteiger partial charge >= 0.3 is 0 Å². The minimum absolute atomic E-state index is 0.172. The van der Waals surface area contributed by atoms with Gasteiger partial charge < -0.3 is 11.1 Å². The van der Waals surface area contributed by atoms with Crippen LogP contribution in [0, 0.1) is 5.82 Å². The normalized spacial score (nSPS) is 10.6. The number of benzene rings is 1. The van der Waals surface area contributed by atoms with Crippen molar-refractivity contribution in [1.82, 2.24) is 15.5 Å². The molecule has 7 heteroatoms. The molecule has 0 unspecified atom stereocenters. The molecule has 1 amide bonds. The van der Waals surface area contributed by atoms with E-state index in [4.69, 9.17) is 5.73 Å². The summed E-state index contributed by atoms with van der Waals surface area (Å²) in [5, 5.41) is 9.39. The number of aromatic nitrogens is 2. The molecule has 0 aliphatic carbocycles. The van der Waals surface area contributed by atoms with E-state index in [1.165, 1.54) is 12.1 Å². The molecule has 0 saturated carbocycles. The van der Waals surface area contributed by atoms with Gasteiger partial charge in [0.1, 0.15) is 5.82 Å². The molecule has 0 aliphatic heterocycles. The Hall–Kier alpha value is -1.89. The van der Waals surface area contributed by atoms with Crippen molar-refractivity contribution >= 4 is 27.5 Å². The van der Waals surface area contributed by atoms with Gasteiger partial charge in [-0.3, -0.25) is 9.89 Å². The lowest BCUT2D eigenvalue weighted by Crippen LogP contribution is -2.24. The van der Waals surface area contributed by atoms with Gasteiger partial charge in [-0.1, -0.05) is 29.3 Å². The number of anilines is 1. The number of hydrogen-bond acceptors (Lipinski definition) is 3. The average molecular weight is 355 g/mol. The zero-order chi connectivity index (χ0) is 15.4. The lowest BCUT2D eigenvalue weighted by Gasteiger charge is -2.06. The number of nitrogen functional groups attached to an aromatic ring is 1. The highest BCUT2D eigenvalue weighted by molar-refractivity contribution is 9.10. The molecular weight excluding hydrogens is 339 g/mol.